The van der Waals surface area contributed by atoms with E-state index in [9.17, 15) is 4.79 Å². The van der Waals surface area contributed by atoms with Crippen LogP contribution >= 0.6 is 22.6 Å². The van der Waals surface area contributed by atoms with Crippen LogP contribution in [0, 0.1) is 0 Å². The van der Waals surface area contributed by atoms with Gasteiger partial charge in [0.15, 0.2) is 0 Å². The molecule has 0 saturated heterocycles. The van der Waals surface area contributed by atoms with Crippen LogP contribution in [0.15, 0.2) is 0 Å². The van der Waals surface area contributed by atoms with Gasteiger partial charge in [-0.05, 0) is 40.5 Å². The first kappa shape index (κ1) is 22.3. The van der Waals surface area contributed by atoms with Gasteiger partial charge in [0.2, 0.25) is 0 Å². The zero-order valence-electron chi connectivity index (χ0n) is 14.4. The van der Waals surface area contributed by atoms with Crippen molar-refractivity contribution in [2.24, 2.45) is 0 Å². The summed E-state index contributed by atoms with van der Waals surface area (Å²) < 4.78 is 22.5. The van der Waals surface area contributed by atoms with Crippen LogP contribution in [0.2, 0.25) is 6.04 Å². The SMILES string of the molecule is CCO[Si](CCCCCCOC(=O)C(C)I)(OCC)OCC. The molecule has 1 atom stereocenters. The van der Waals surface area contributed by atoms with E-state index in [2.05, 4.69) is 22.6 Å². The topological polar surface area (TPSA) is 54.0 Å². The van der Waals surface area contributed by atoms with Crippen molar-refractivity contribution in [3.63, 3.8) is 0 Å². The summed E-state index contributed by atoms with van der Waals surface area (Å²) in [6.45, 7) is 10.1. The number of hydrogen-bond acceptors (Lipinski definition) is 5. The minimum absolute atomic E-state index is 0.0761. The molecule has 0 saturated carbocycles. The fourth-order valence-corrected chi connectivity index (χ4v) is 4.95. The molecule has 22 heavy (non-hydrogen) atoms. The first-order valence-electron chi connectivity index (χ1n) is 8.23. The lowest BCUT2D eigenvalue weighted by Gasteiger charge is -2.28. The second-order valence-electron chi connectivity index (χ2n) is 4.93. The van der Waals surface area contributed by atoms with Crippen molar-refractivity contribution in [3.8, 4) is 0 Å². The fraction of sp³-hybridized carbons (Fsp3) is 0.933. The van der Waals surface area contributed by atoms with Crippen molar-refractivity contribution in [1.29, 1.82) is 0 Å². The van der Waals surface area contributed by atoms with E-state index in [0.717, 1.165) is 31.7 Å². The second-order valence-corrected chi connectivity index (χ2v) is 9.53. The van der Waals surface area contributed by atoms with Gasteiger partial charge in [-0.2, -0.15) is 0 Å². The number of unbranched alkanes of at least 4 members (excludes halogenated alkanes) is 3. The Kier molecular flexibility index (Phi) is 13.9. The maximum absolute atomic E-state index is 11.3. The zero-order chi connectivity index (χ0) is 16.8. The van der Waals surface area contributed by atoms with E-state index in [-0.39, 0.29) is 9.89 Å². The highest BCUT2D eigenvalue weighted by atomic mass is 127. The fourth-order valence-electron chi connectivity index (χ4n) is 2.09. The molecular weight excluding hydrogens is 415 g/mol. The Bertz CT molecular complexity index is 272. The molecule has 0 aliphatic carbocycles. The third-order valence-corrected chi connectivity index (χ3v) is 6.70. The van der Waals surface area contributed by atoms with E-state index < -0.39 is 8.80 Å². The van der Waals surface area contributed by atoms with Gasteiger partial charge >= 0.3 is 14.8 Å². The summed E-state index contributed by atoms with van der Waals surface area (Å²) in [6, 6.07) is 0.854. The Morgan fingerprint density at radius 1 is 0.955 bits per heavy atom. The quantitative estimate of drug-likeness (QED) is 0.133. The predicted molar refractivity (Wildman–Crippen MR) is 98.3 cm³/mol. The summed E-state index contributed by atoms with van der Waals surface area (Å²) in [5.74, 6) is -0.129. The highest BCUT2D eigenvalue weighted by Gasteiger charge is 2.39. The molecule has 0 radical (unpaired) electrons. The van der Waals surface area contributed by atoms with Gasteiger partial charge in [0.25, 0.3) is 0 Å². The van der Waals surface area contributed by atoms with Crippen LogP contribution in [0.3, 0.4) is 0 Å². The molecule has 0 aromatic heterocycles. The Morgan fingerprint density at radius 2 is 1.45 bits per heavy atom. The number of halogens is 1. The van der Waals surface area contributed by atoms with Gasteiger partial charge in [0.05, 0.1) is 6.61 Å². The van der Waals surface area contributed by atoms with Gasteiger partial charge in [0.1, 0.15) is 3.92 Å². The third-order valence-electron chi connectivity index (χ3n) is 3.04. The molecule has 0 aliphatic rings. The van der Waals surface area contributed by atoms with Crippen LogP contribution in [-0.4, -0.2) is 45.1 Å². The molecule has 0 aromatic rings. The standard InChI is InChI=1S/C15H31IO5Si/c1-5-19-22(20-6-2,21-7-3)13-11-9-8-10-12-18-15(17)14(4)16/h14H,5-13H2,1-4H3. The van der Waals surface area contributed by atoms with Crippen LogP contribution < -0.4 is 0 Å². The minimum atomic E-state index is -2.48. The summed E-state index contributed by atoms with van der Waals surface area (Å²) in [5, 5.41) is 0. The number of ether oxygens (including phenoxy) is 1. The van der Waals surface area contributed by atoms with Gasteiger partial charge in [-0.25, -0.2) is 0 Å². The summed E-state index contributed by atoms with van der Waals surface area (Å²) in [6.07, 6.45) is 4.03. The summed E-state index contributed by atoms with van der Waals surface area (Å²) in [5.41, 5.74) is 0. The minimum Gasteiger partial charge on any atom is -0.465 e. The van der Waals surface area contributed by atoms with E-state index in [1.54, 1.807) is 0 Å². The molecule has 0 fully saturated rings. The monoisotopic (exact) mass is 446 g/mol. The molecule has 7 heteroatoms. The van der Waals surface area contributed by atoms with E-state index >= 15 is 0 Å². The number of hydrogen-bond donors (Lipinski definition) is 0. The highest BCUT2D eigenvalue weighted by molar-refractivity contribution is 14.1. The van der Waals surface area contributed by atoms with Crippen molar-refractivity contribution in [2.45, 2.75) is 63.3 Å². The van der Waals surface area contributed by atoms with E-state index in [0.29, 0.717) is 26.4 Å². The smallest absolute Gasteiger partial charge is 0.465 e. The maximum atomic E-state index is 11.3. The molecule has 0 bridgehead atoms. The number of rotatable bonds is 14. The zero-order valence-corrected chi connectivity index (χ0v) is 17.5. The van der Waals surface area contributed by atoms with Gasteiger partial charge < -0.3 is 18.0 Å². The van der Waals surface area contributed by atoms with Crippen molar-refractivity contribution >= 4 is 37.4 Å². The number of carbonyl (C=O) groups excluding carboxylic acids is 1. The van der Waals surface area contributed by atoms with Crippen molar-refractivity contribution in [1.82, 2.24) is 0 Å². The Balaban J connectivity index is 3.90. The average molecular weight is 446 g/mol. The molecule has 0 rings (SSSR count). The molecule has 0 aromatic carbocycles. The lowest BCUT2D eigenvalue weighted by atomic mass is 10.2. The van der Waals surface area contributed by atoms with Crippen molar-refractivity contribution in [2.75, 3.05) is 26.4 Å². The molecule has 132 valence electrons. The molecular formula is C15H31IO5Si. The van der Waals surface area contributed by atoms with Gasteiger partial charge in [0, 0.05) is 25.9 Å². The average Bonchev–Trinajstić information content (AvgIpc) is 2.46. The van der Waals surface area contributed by atoms with E-state index in [1.165, 1.54) is 0 Å². The van der Waals surface area contributed by atoms with Crippen LogP contribution in [0.25, 0.3) is 0 Å². The van der Waals surface area contributed by atoms with Crippen LogP contribution in [-0.2, 0) is 22.8 Å². The first-order chi connectivity index (χ1) is 10.5. The Morgan fingerprint density at radius 3 is 1.91 bits per heavy atom. The van der Waals surface area contributed by atoms with E-state index in [4.69, 9.17) is 18.0 Å². The van der Waals surface area contributed by atoms with Gasteiger partial charge in [-0.3, -0.25) is 4.79 Å². The molecule has 1 unspecified atom stereocenters. The van der Waals surface area contributed by atoms with E-state index in [1.807, 2.05) is 27.7 Å². The number of alkyl halides is 1. The van der Waals surface area contributed by atoms with Crippen LogP contribution in [0.5, 0.6) is 0 Å². The maximum Gasteiger partial charge on any atom is 0.500 e. The molecule has 0 aliphatic heterocycles. The lowest BCUT2D eigenvalue weighted by Crippen LogP contribution is -2.45. The molecule has 0 heterocycles. The molecule has 0 N–H and O–H groups in total. The Hall–Kier alpha value is 0.297. The predicted octanol–water partition coefficient (Wildman–Crippen LogP) is 3.96. The second kappa shape index (κ2) is 13.7. The highest BCUT2D eigenvalue weighted by Crippen LogP contribution is 2.20. The Labute approximate surface area is 149 Å². The lowest BCUT2D eigenvalue weighted by molar-refractivity contribution is -0.142. The summed E-state index contributed by atoms with van der Waals surface area (Å²) in [4.78, 5) is 11.3. The number of esters is 1. The number of carbonyl (C=O) groups is 1. The van der Waals surface area contributed by atoms with Crippen molar-refractivity contribution in [3.05, 3.63) is 0 Å². The molecule has 0 spiro atoms. The van der Waals surface area contributed by atoms with Crippen LogP contribution in [0.4, 0.5) is 0 Å². The summed E-state index contributed by atoms with van der Waals surface area (Å²) in [7, 11) is -2.48. The summed E-state index contributed by atoms with van der Waals surface area (Å²) >= 11 is 2.06. The first-order valence-corrected chi connectivity index (χ1v) is 11.4. The van der Waals surface area contributed by atoms with Crippen LogP contribution in [0.1, 0.15) is 53.4 Å². The molecule has 0 amide bonds. The third kappa shape index (κ3) is 10.1. The largest absolute Gasteiger partial charge is 0.500 e. The van der Waals surface area contributed by atoms with Crippen molar-refractivity contribution < 1.29 is 22.8 Å². The van der Waals surface area contributed by atoms with Gasteiger partial charge in [-0.15, -0.1) is 0 Å². The van der Waals surface area contributed by atoms with Gasteiger partial charge in [-0.1, -0.05) is 35.4 Å². The normalized spacial score (nSPS) is 13.1. The molecule has 5 nitrogen and oxygen atoms in total.